The molecular formula is C9H12FNS. The molecule has 1 aromatic carbocycles. The first-order valence-corrected chi connectivity index (χ1v) is 4.78. The largest absolute Gasteiger partial charge is 0.398 e. The van der Waals surface area contributed by atoms with Crippen LogP contribution in [0.4, 0.5) is 10.1 Å². The molecule has 0 saturated heterocycles. The Kier molecular flexibility index (Phi) is 3.41. The third-order valence-corrected chi connectivity index (χ3v) is 2.77. The maximum Gasteiger partial charge on any atom is 0.0988 e. The van der Waals surface area contributed by atoms with E-state index >= 15 is 0 Å². The lowest BCUT2D eigenvalue weighted by molar-refractivity contribution is 0.533. The molecule has 0 radical (unpaired) electrons. The van der Waals surface area contributed by atoms with Crippen molar-refractivity contribution in [2.24, 2.45) is 0 Å². The summed E-state index contributed by atoms with van der Waals surface area (Å²) in [6.45, 7) is 1.66. The van der Waals surface area contributed by atoms with Crippen molar-refractivity contribution in [3.63, 3.8) is 0 Å². The molecule has 2 N–H and O–H groups in total. The first-order chi connectivity index (χ1) is 5.75. The number of hydrogen-bond acceptors (Lipinski definition) is 2. The number of nitrogen functional groups attached to an aromatic ring is 1. The lowest BCUT2D eigenvalue weighted by Crippen LogP contribution is -1.91. The zero-order chi connectivity index (χ0) is 8.97. The first kappa shape index (κ1) is 9.39. The highest BCUT2D eigenvalue weighted by molar-refractivity contribution is 7.99. The predicted octanol–water partition coefficient (Wildman–Crippen LogP) is 2.64. The highest BCUT2D eigenvalue weighted by Crippen LogP contribution is 2.25. The van der Waals surface area contributed by atoms with Gasteiger partial charge in [-0.05, 0) is 24.6 Å². The van der Waals surface area contributed by atoms with Gasteiger partial charge < -0.3 is 5.73 Å². The van der Waals surface area contributed by atoms with Gasteiger partial charge >= 0.3 is 0 Å². The van der Waals surface area contributed by atoms with E-state index in [9.17, 15) is 4.39 Å². The van der Waals surface area contributed by atoms with E-state index in [1.165, 1.54) is 11.8 Å². The summed E-state index contributed by atoms with van der Waals surface area (Å²) < 4.78 is 11.9. The van der Waals surface area contributed by atoms with E-state index in [0.717, 1.165) is 16.1 Å². The van der Waals surface area contributed by atoms with Crippen LogP contribution in [0.5, 0.6) is 0 Å². The van der Waals surface area contributed by atoms with E-state index in [-0.39, 0.29) is 6.67 Å². The van der Waals surface area contributed by atoms with Crippen LogP contribution >= 0.6 is 11.8 Å². The highest BCUT2D eigenvalue weighted by atomic mass is 32.2. The molecule has 0 unspecified atom stereocenters. The number of benzene rings is 1. The smallest absolute Gasteiger partial charge is 0.0988 e. The number of thioether (sulfide) groups is 1. The molecule has 0 spiro atoms. The van der Waals surface area contributed by atoms with Crippen molar-refractivity contribution in [3.05, 3.63) is 23.8 Å². The molecular weight excluding hydrogens is 173 g/mol. The Balaban J connectivity index is 2.78. The molecule has 66 valence electrons. The molecule has 12 heavy (non-hydrogen) atoms. The monoisotopic (exact) mass is 185 g/mol. The summed E-state index contributed by atoms with van der Waals surface area (Å²) in [6, 6.07) is 5.71. The minimum absolute atomic E-state index is 0.293. The van der Waals surface area contributed by atoms with Crippen molar-refractivity contribution in [1.82, 2.24) is 0 Å². The van der Waals surface area contributed by atoms with Crippen molar-refractivity contribution < 1.29 is 4.39 Å². The number of anilines is 1. The van der Waals surface area contributed by atoms with E-state index in [1.54, 1.807) is 0 Å². The molecule has 0 fully saturated rings. The molecule has 0 aromatic heterocycles. The minimum atomic E-state index is -0.293. The van der Waals surface area contributed by atoms with Gasteiger partial charge in [-0.25, -0.2) is 0 Å². The maximum atomic E-state index is 11.9. The second-order valence-electron chi connectivity index (χ2n) is 2.51. The van der Waals surface area contributed by atoms with E-state index < -0.39 is 0 Å². The summed E-state index contributed by atoms with van der Waals surface area (Å²) in [5.41, 5.74) is 7.51. The van der Waals surface area contributed by atoms with Crippen LogP contribution in [0.1, 0.15) is 5.56 Å². The van der Waals surface area contributed by atoms with Crippen molar-refractivity contribution in [2.45, 2.75) is 11.8 Å². The molecule has 0 bridgehead atoms. The summed E-state index contributed by atoms with van der Waals surface area (Å²) in [5.74, 6) is 0.504. The number of alkyl halides is 1. The van der Waals surface area contributed by atoms with Gasteiger partial charge in [0.1, 0.15) is 0 Å². The molecule has 0 aliphatic heterocycles. The molecule has 0 aliphatic carbocycles. The van der Waals surface area contributed by atoms with Crippen LogP contribution in [0.15, 0.2) is 23.1 Å². The summed E-state index contributed by atoms with van der Waals surface area (Å²) in [5, 5.41) is 0. The van der Waals surface area contributed by atoms with Gasteiger partial charge in [-0.15, -0.1) is 11.8 Å². The van der Waals surface area contributed by atoms with Gasteiger partial charge in [0, 0.05) is 16.3 Å². The number of rotatable bonds is 3. The van der Waals surface area contributed by atoms with Crippen LogP contribution in [0.25, 0.3) is 0 Å². The summed E-state index contributed by atoms with van der Waals surface area (Å²) in [6.07, 6.45) is 0. The van der Waals surface area contributed by atoms with Crippen molar-refractivity contribution in [3.8, 4) is 0 Å². The first-order valence-electron chi connectivity index (χ1n) is 3.79. The lowest BCUT2D eigenvalue weighted by atomic mass is 10.2. The molecule has 1 rings (SSSR count). The van der Waals surface area contributed by atoms with Crippen LogP contribution in [0.2, 0.25) is 0 Å². The topological polar surface area (TPSA) is 26.0 Å². The lowest BCUT2D eigenvalue weighted by Gasteiger charge is -2.05. The normalized spacial score (nSPS) is 10.2. The van der Waals surface area contributed by atoms with E-state index in [4.69, 9.17) is 5.73 Å². The Bertz CT molecular complexity index is 263. The molecule has 3 heteroatoms. The van der Waals surface area contributed by atoms with Crippen LogP contribution in [-0.2, 0) is 0 Å². The molecule has 1 aromatic rings. The minimum Gasteiger partial charge on any atom is -0.398 e. The Hall–Kier alpha value is -0.700. The summed E-state index contributed by atoms with van der Waals surface area (Å²) in [7, 11) is 0. The quantitative estimate of drug-likeness (QED) is 0.578. The Morgan fingerprint density at radius 1 is 1.50 bits per heavy atom. The second-order valence-corrected chi connectivity index (χ2v) is 3.64. The zero-order valence-corrected chi connectivity index (χ0v) is 7.83. The van der Waals surface area contributed by atoms with Gasteiger partial charge in [0.15, 0.2) is 0 Å². The zero-order valence-electron chi connectivity index (χ0n) is 7.01. The maximum absolute atomic E-state index is 11.9. The second kappa shape index (κ2) is 4.36. The van der Waals surface area contributed by atoms with Crippen molar-refractivity contribution in [1.29, 1.82) is 0 Å². The summed E-state index contributed by atoms with van der Waals surface area (Å²) >= 11 is 1.51. The SMILES string of the molecule is Cc1c(N)cccc1SCCF. The standard InChI is InChI=1S/C9H12FNS/c1-7-8(11)3-2-4-9(7)12-6-5-10/h2-4H,5-6,11H2,1H3. The van der Waals surface area contributed by atoms with Gasteiger partial charge in [0.2, 0.25) is 0 Å². The fourth-order valence-corrected chi connectivity index (χ4v) is 1.74. The van der Waals surface area contributed by atoms with E-state index in [1.807, 2.05) is 25.1 Å². The average molecular weight is 185 g/mol. The summed E-state index contributed by atoms with van der Waals surface area (Å²) in [4.78, 5) is 1.08. The average Bonchev–Trinajstić information content (AvgIpc) is 2.08. The molecule has 0 heterocycles. The third kappa shape index (κ3) is 2.14. The van der Waals surface area contributed by atoms with Gasteiger partial charge in [-0.3, -0.25) is 4.39 Å². The van der Waals surface area contributed by atoms with Crippen molar-refractivity contribution in [2.75, 3.05) is 18.2 Å². The van der Waals surface area contributed by atoms with E-state index in [2.05, 4.69) is 0 Å². The van der Waals surface area contributed by atoms with Gasteiger partial charge in [0.25, 0.3) is 0 Å². The Labute approximate surface area is 76.2 Å². The van der Waals surface area contributed by atoms with Crippen LogP contribution < -0.4 is 5.73 Å². The molecule has 0 aliphatic rings. The molecule has 1 nitrogen and oxygen atoms in total. The number of halogens is 1. The highest BCUT2D eigenvalue weighted by Gasteiger charge is 2.00. The van der Waals surface area contributed by atoms with Gasteiger partial charge in [-0.1, -0.05) is 6.07 Å². The predicted molar refractivity (Wildman–Crippen MR) is 52.3 cm³/mol. The fraction of sp³-hybridized carbons (Fsp3) is 0.333. The Morgan fingerprint density at radius 2 is 2.25 bits per heavy atom. The number of hydrogen-bond donors (Lipinski definition) is 1. The number of nitrogens with two attached hydrogens (primary N) is 1. The van der Waals surface area contributed by atoms with Gasteiger partial charge in [-0.2, -0.15) is 0 Å². The Morgan fingerprint density at radius 3 is 2.92 bits per heavy atom. The van der Waals surface area contributed by atoms with Crippen LogP contribution in [0, 0.1) is 6.92 Å². The molecule has 0 atom stereocenters. The third-order valence-electron chi connectivity index (χ3n) is 1.66. The van der Waals surface area contributed by atoms with E-state index in [0.29, 0.717) is 5.75 Å². The molecule has 0 saturated carbocycles. The molecule has 0 amide bonds. The van der Waals surface area contributed by atoms with Gasteiger partial charge in [0.05, 0.1) is 6.67 Å². The van der Waals surface area contributed by atoms with Crippen molar-refractivity contribution >= 4 is 17.4 Å². The van der Waals surface area contributed by atoms with Crippen LogP contribution in [0.3, 0.4) is 0 Å². The fourth-order valence-electron chi connectivity index (χ4n) is 0.936. The van der Waals surface area contributed by atoms with Crippen LogP contribution in [-0.4, -0.2) is 12.4 Å².